The van der Waals surface area contributed by atoms with Crippen LogP contribution in [0.5, 0.6) is 0 Å². The molecule has 100 valence electrons. The van der Waals surface area contributed by atoms with Crippen LogP contribution < -0.4 is 5.32 Å². The van der Waals surface area contributed by atoms with E-state index < -0.39 is 0 Å². The van der Waals surface area contributed by atoms with Crippen LogP contribution in [0.2, 0.25) is 0 Å². The zero-order valence-corrected chi connectivity index (χ0v) is 11.9. The number of rotatable bonds is 4. The predicted molar refractivity (Wildman–Crippen MR) is 74.1 cm³/mol. The summed E-state index contributed by atoms with van der Waals surface area (Å²) in [6.07, 6.45) is 0. The molecular formula is C12H15N5OS. The van der Waals surface area contributed by atoms with Gasteiger partial charge in [-0.1, -0.05) is 29.5 Å². The third-order valence-electron chi connectivity index (χ3n) is 2.57. The van der Waals surface area contributed by atoms with Crippen LogP contribution in [0.4, 0.5) is 5.69 Å². The molecule has 19 heavy (non-hydrogen) atoms. The van der Waals surface area contributed by atoms with Crippen LogP contribution in [-0.2, 0) is 11.8 Å². The van der Waals surface area contributed by atoms with Gasteiger partial charge in [0.1, 0.15) is 0 Å². The summed E-state index contributed by atoms with van der Waals surface area (Å²) in [5, 5.41) is 14.5. The second kappa shape index (κ2) is 5.83. The molecular weight excluding hydrogens is 262 g/mol. The van der Waals surface area contributed by atoms with Crippen molar-refractivity contribution in [1.82, 2.24) is 20.2 Å². The lowest BCUT2D eigenvalue weighted by molar-refractivity contribution is -0.113. The van der Waals surface area contributed by atoms with Gasteiger partial charge < -0.3 is 5.32 Å². The molecule has 0 spiro atoms. The minimum Gasteiger partial charge on any atom is -0.325 e. The van der Waals surface area contributed by atoms with Crippen molar-refractivity contribution in [3.05, 3.63) is 29.3 Å². The maximum atomic E-state index is 11.8. The molecule has 1 heterocycles. The summed E-state index contributed by atoms with van der Waals surface area (Å²) < 4.78 is 1.54. The van der Waals surface area contributed by atoms with Crippen molar-refractivity contribution in [3.8, 4) is 0 Å². The fourth-order valence-corrected chi connectivity index (χ4v) is 2.26. The van der Waals surface area contributed by atoms with Crippen LogP contribution in [0.1, 0.15) is 11.1 Å². The van der Waals surface area contributed by atoms with Gasteiger partial charge in [-0.2, -0.15) is 0 Å². The molecule has 1 aromatic carbocycles. The summed E-state index contributed by atoms with van der Waals surface area (Å²) in [5.74, 6) is 0.210. The van der Waals surface area contributed by atoms with E-state index in [0.29, 0.717) is 5.16 Å². The Bertz CT molecular complexity index is 596. The standard InChI is InChI=1S/C12H15N5OS/c1-8-4-5-10(9(2)6-8)13-11(18)7-19-12-14-15-16-17(12)3/h4-6H,7H2,1-3H3,(H,13,18). The molecule has 0 aliphatic rings. The molecule has 1 aromatic heterocycles. The number of nitrogens with zero attached hydrogens (tertiary/aromatic N) is 4. The maximum Gasteiger partial charge on any atom is 0.234 e. The van der Waals surface area contributed by atoms with Crippen molar-refractivity contribution in [2.75, 3.05) is 11.1 Å². The maximum absolute atomic E-state index is 11.8. The molecule has 0 unspecified atom stereocenters. The molecule has 0 saturated carbocycles. The van der Waals surface area contributed by atoms with Crippen molar-refractivity contribution in [2.45, 2.75) is 19.0 Å². The average Bonchev–Trinajstić information content (AvgIpc) is 2.76. The van der Waals surface area contributed by atoms with Crippen LogP contribution in [0.25, 0.3) is 0 Å². The lowest BCUT2D eigenvalue weighted by Gasteiger charge is -2.08. The molecule has 6 nitrogen and oxygen atoms in total. The van der Waals surface area contributed by atoms with Crippen LogP contribution in [-0.4, -0.2) is 31.9 Å². The van der Waals surface area contributed by atoms with E-state index in [-0.39, 0.29) is 11.7 Å². The third-order valence-corrected chi connectivity index (χ3v) is 3.58. The Balaban J connectivity index is 1.93. The molecule has 0 fully saturated rings. The Morgan fingerprint density at radius 2 is 2.21 bits per heavy atom. The van der Waals surface area contributed by atoms with Crippen molar-refractivity contribution in [3.63, 3.8) is 0 Å². The van der Waals surface area contributed by atoms with Gasteiger partial charge in [0.2, 0.25) is 11.1 Å². The molecule has 0 saturated heterocycles. The minimum atomic E-state index is -0.0695. The smallest absolute Gasteiger partial charge is 0.234 e. The summed E-state index contributed by atoms with van der Waals surface area (Å²) in [6.45, 7) is 4.00. The lowest BCUT2D eigenvalue weighted by Crippen LogP contribution is -2.15. The molecule has 1 amide bonds. The second-order valence-electron chi connectivity index (χ2n) is 4.24. The number of thioether (sulfide) groups is 1. The number of carbonyl (C=O) groups is 1. The third kappa shape index (κ3) is 3.54. The lowest BCUT2D eigenvalue weighted by atomic mass is 10.1. The van der Waals surface area contributed by atoms with Gasteiger partial charge in [0.15, 0.2) is 0 Å². The first-order valence-electron chi connectivity index (χ1n) is 5.78. The Kier molecular flexibility index (Phi) is 4.16. The van der Waals surface area contributed by atoms with Gasteiger partial charge in [0.05, 0.1) is 5.75 Å². The Morgan fingerprint density at radius 1 is 1.42 bits per heavy atom. The monoisotopic (exact) mass is 277 g/mol. The summed E-state index contributed by atoms with van der Waals surface area (Å²) >= 11 is 1.30. The van der Waals surface area contributed by atoms with Gasteiger partial charge in [0.25, 0.3) is 0 Å². The van der Waals surface area contributed by atoms with Crippen molar-refractivity contribution < 1.29 is 4.79 Å². The fraction of sp³-hybridized carbons (Fsp3) is 0.333. The van der Waals surface area contributed by atoms with E-state index >= 15 is 0 Å². The first kappa shape index (κ1) is 13.5. The minimum absolute atomic E-state index is 0.0695. The number of hydrogen-bond donors (Lipinski definition) is 1. The van der Waals surface area contributed by atoms with E-state index in [1.165, 1.54) is 22.0 Å². The van der Waals surface area contributed by atoms with Crippen molar-refractivity contribution in [1.29, 1.82) is 0 Å². The largest absolute Gasteiger partial charge is 0.325 e. The average molecular weight is 277 g/mol. The van der Waals surface area contributed by atoms with Crippen LogP contribution in [0.3, 0.4) is 0 Å². The van der Waals surface area contributed by atoms with Gasteiger partial charge in [-0.15, -0.1) is 5.10 Å². The summed E-state index contributed by atoms with van der Waals surface area (Å²) in [5.41, 5.74) is 3.07. The Hall–Kier alpha value is -1.89. The second-order valence-corrected chi connectivity index (χ2v) is 5.18. The van der Waals surface area contributed by atoms with Crippen LogP contribution in [0.15, 0.2) is 23.4 Å². The summed E-state index contributed by atoms with van der Waals surface area (Å²) in [7, 11) is 1.74. The fourth-order valence-electron chi connectivity index (χ4n) is 1.61. The van der Waals surface area contributed by atoms with Gasteiger partial charge in [-0.25, -0.2) is 4.68 Å². The number of nitrogens with one attached hydrogen (secondary N) is 1. The van der Waals surface area contributed by atoms with E-state index in [1.54, 1.807) is 7.05 Å². The van der Waals surface area contributed by atoms with Gasteiger partial charge in [-0.05, 0) is 35.9 Å². The Morgan fingerprint density at radius 3 is 2.84 bits per heavy atom. The highest BCUT2D eigenvalue weighted by molar-refractivity contribution is 7.99. The SMILES string of the molecule is Cc1ccc(NC(=O)CSc2nnnn2C)c(C)c1. The van der Waals surface area contributed by atoms with Crippen molar-refractivity contribution in [2.24, 2.45) is 7.05 Å². The number of benzene rings is 1. The molecule has 2 rings (SSSR count). The molecule has 2 aromatic rings. The number of tetrazole rings is 1. The molecule has 1 N–H and O–H groups in total. The van der Waals surface area contributed by atoms with Crippen LogP contribution in [0, 0.1) is 13.8 Å². The highest BCUT2D eigenvalue weighted by Crippen LogP contribution is 2.17. The van der Waals surface area contributed by atoms with Gasteiger partial charge in [-0.3, -0.25) is 4.79 Å². The molecule has 0 aliphatic carbocycles. The number of hydrogen-bond acceptors (Lipinski definition) is 5. The highest BCUT2D eigenvalue weighted by atomic mass is 32.2. The number of amides is 1. The van der Waals surface area contributed by atoms with Crippen molar-refractivity contribution >= 4 is 23.4 Å². The molecule has 7 heteroatoms. The summed E-state index contributed by atoms with van der Waals surface area (Å²) in [4.78, 5) is 11.8. The first-order chi connectivity index (χ1) is 9.06. The van der Waals surface area contributed by atoms with E-state index in [2.05, 4.69) is 20.8 Å². The molecule has 0 aliphatic heterocycles. The zero-order chi connectivity index (χ0) is 13.8. The number of aryl methyl sites for hydroxylation is 3. The highest BCUT2D eigenvalue weighted by Gasteiger charge is 2.09. The quantitative estimate of drug-likeness (QED) is 0.859. The topological polar surface area (TPSA) is 72.7 Å². The van der Waals surface area contributed by atoms with E-state index in [4.69, 9.17) is 0 Å². The van der Waals surface area contributed by atoms with E-state index in [9.17, 15) is 4.79 Å². The number of anilines is 1. The predicted octanol–water partition coefficient (Wildman–Crippen LogP) is 1.56. The normalized spacial score (nSPS) is 10.5. The van der Waals surface area contributed by atoms with Gasteiger partial charge in [0, 0.05) is 12.7 Å². The first-order valence-corrected chi connectivity index (χ1v) is 6.77. The summed E-state index contributed by atoms with van der Waals surface area (Å²) in [6, 6.07) is 5.93. The molecule has 0 radical (unpaired) electrons. The van der Waals surface area contributed by atoms with E-state index in [1.807, 2.05) is 32.0 Å². The number of aromatic nitrogens is 4. The van der Waals surface area contributed by atoms with E-state index in [0.717, 1.165) is 11.3 Å². The number of carbonyl (C=O) groups excluding carboxylic acids is 1. The Labute approximate surface area is 115 Å². The van der Waals surface area contributed by atoms with Crippen LogP contribution >= 0.6 is 11.8 Å². The zero-order valence-electron chi connectivity index (χ0n) is 11.0. The molecule has 0 atom stereocenters. The molecule has 0 bridgehead atoms. The van der Waals surface area contributed by atoms with Gasteiger partial charge >= 0.3 is 0 Å².